The molecule has 12 heteroatoms. The molecule has 62 heavy (non-hydrogen) atoms. The van der Waals surface area contributed by atoms with E-state index in [0.717, 1.165) is 44.6 Å². The topological polar surface area (TPSA) is 140 Å². The molecule has 1 amide bonds. The first-order valence-electron chi connectivity index (χ1n) is 20.4. The number of aryl methyl sites for hydroxylation is 1. The number of amides is 1. The van der Waals surface area contributed by atoms with Gasteiger partial charge in [0.25, 0.3) is 5.22 Å². The molecule has 0 spiro atoms. The average molecular weight is 866 g/mol. The van der Waals surface area contributed by atoms with Crippen molar-refractivity contribution in [1.82, 2.24) is 9.71 Å². The maximum atomic E-state index is 13.8. The summed E-state index contributed by atoms with van der Waals surface area (Å²) in [4.78, 5) is 18.9. The summed E-state index contributed by atoms with van der Waals surface area (Å²) >= 11 is 1.48. The number of carbonyl (C=O) groups excluding carboxylic acids is 1. The number of thioether (sulfide) groups is 1. The summed E-state index contributed by atoms with van der Waals surface area (Å²) in [5, 5.41) is 13.2. The first-order valence-corrected chi connectivity index (χ1v) is 22.9. The van der Waals surface area contributed by atoms with Crippen LogP contribution in [0.5, 0.6) is 0 Å². The van der Waals surface area contributed by atoms with E-state index in [2.05, 4.69) is 17.0 Å². The van der Waals surface area contributed by atoms with E-state index in [1.165, 1.54) is 23.9 Å². The maximum Gasteiger partial charge on any atom is 0.256 e. The number of sulfonamides is 1. The predicted octanol–water partition coefficient (Wildman–Crippen LogP) is 9.92. The van der Waals surface area contributed by atoms with Crippen molar-refractivity contribution in [3.8, 4) is 22.6 Å². The average Bonchev–Trinajstić information content (AvgIpc) is 3.74. The predicted molar refractivity (Wildman–Crippen MR) is 242 cm³/mol. The molecule has 0 aliphatic carbocycles. The van der Waals surface area contributed by atoms with Crippen LogP contribution >= 0.6 is 11.8 Å². The van der Waals surface area contributed by atoms with Gasteiger partial charge in [0.2, 0.25) is 15.9 Å². The summed E-state index contributed by atoms with van der Waals surface area (Å²) in [6.45, 7) is 3.92. The molecule has 10 nitrogen and oxygen atoms in total. The molecule has 0 bridgehead atoms. The molecule has 7 aromatic rings. The van der Waals surface area contributed by atoms with E-state index in [4.69, 9.17) is 18.9 Å². The Morgan fingerprint density at radius 3 is 2.00 bits per heavy atom. The Morgan fingerprint density at radius 2 is 1.35 bits per heavy atom. The Bertz CT molecular complexity index is 2610. The lowest BCUT2D eigenvalue weighted by Crippen LogP contribution is -2.45. The van der Waals surface area contributed by atoms with Crippen LogP contribution in [0.2, 0.25) is 0 Å². The fraction of sp³-hybridized carbons (Fsp3) is 0.200. The smallest absolute Gasteiger partial charge is 0.256 e. The van der Waals surface area contributed by atoms with Crippen molar-refractivity contribution in [2.45, 2.75) is 61.5 Å². The van der Waals surface area contributed by atoms with Crippen LogP contribution in [0.3, 0.4) is 0 Å². The number of hydrogen-bond donors (Lipinski definition) is 3. The molecular weight excluding hydrogens is 819 g/mol. The molecule has 3 N–H and O–H groups in total. The molecule has 2 heterocycles. The number of aromatic nitrogens is 1. The summed E-state index contributed by atoms with van der Waals surface area (Å²) in [5.74, 6) is 0.629. The lowest BCUT2D eigenvalue weighted by molar-refractivity contribution is -0.268. The second kappa shape index (κ2) is 19.5. The fourth-order valence-electron chi connectivity index (χ4n) is 7.37. The van der Waals surface area contributed by atoms with Crippen molar-refractivity contribution in [2.75, 3.05) is 11.1 Å². The van der Waals surface area contributed by atoms with Gasteiger partial charge in [0, 0.05) is 34.0 Å². The van der Waals surface area contributed by atoms with Crippen LogP contribution in [0, 0.1) is 12.8 Å². The van der Waals surface area contributed by atoms with Crippen LogP contribution in [-0.2, 0) is 37.3 Å². The Balaban J connectivity index is 1.02. The highest BCUT2D eigenvalue weighted by molar-refractivity contribution is 7.99. The molecule has 1 saturated heterocycles. The van der Waals surface area contributed by atoms with Crippen LogP contribution in [0.25, 0.3) is 22.6 Å². The SMILES string of the molecule is Cc1ccc(S(=O)(=O)N[C@H](Cc2ccccc2)C(=O)Nc2ccc([C@@H]3O[C@H](CSc4nc(-c5ccccc5)c(-c5ccccc5)o4)[C@H](C)[C@H](c4ccc(CO)cc4)O3)cc2)cc1. The zero-order chi connectivity index (χ0) is 43.1. The Hall–Kier alpha value is -5.86. The molecule has 1 aliphatic heterocycles. The molecule has 5 atom stereocenters. The number of rotatable bonds is 15. The minimum absolute atomic E-state index is 0.0625. The molecule has 0 saturated carbocycles. The summed E-state index contributed by atoms with van der Waals surface area (Å²) in [7, 11) is -4.01. The molecule has 8 rings (SSSR count). The highest BCUT2D eigenvalue weighted by Gasteiger charge is 2.39. The lowest BCUT2D eigenvalue weighted by Gasteiger charge is -2.41. The van der Waals surface area contributed by atoms with E-state index < -0.39 is 28.3 Å². The van der Waals surface area contributed by atoms with Crippen molar-refractivity contribution in [3.05, 3.63) is 192 Å². The van der Waals surface area contributed by atoms with Gasteiger partial charge in [-0.1, -0.05) is 164 Å². The summed E-state index contributed by atoms with van der Waals surface area (Å²) in [5.41, 5.74) is 7.35. The normalized spacial score (nSPS) is 18.2. The van der Waals surface area contributed by atoms with Crippen LogP contribution in [-0.4, -0.2) is 42.3 Å². The van der Waals surface area contributed by atoms with Crippen molar-refractivity contribution in [3.63, 3.8) is 0 Å². The van der Waals surface area contributed by atoms with E-state index in [1.807, 2.05) is 134 Å². The number of benzene rings is 6. The summed E-state index contributed by atoms with van der Waals surface area (Å²) in [6, 6.07) is 49.5. The third-order valence-electron chi connectivity index (χ3n) is 10.9. The van der Waals surface area contributed by atoms with Crippen LogP contribution < -0.4 is 10.0 Å². The van der Waals surface area contributed by atoms with Gasteiger partial charge in [0.05, 0.1) is 23.7 Å². The molecule has 1 fully saturated rings. The molecule has 0 unspecified atom stereocenters. The van der Waals surface area contributed by atoms with Crippen LogP contribution in [0.4, 0.5) is 5.69 Å². The van der Waals surface area contributed by atoms with Gasteiger partial charge in [0.15, 0.2) is 12.1 Å². The van der Waals surface area contributed by atoms with Crippen molar-refractivity contribution in [1.29, 1.82) is 0 Å². The van der Waals surface area contributed by atoms with Gasteiger partial charge in [-0.3, -0.25) is 4.79 Å². The van der Waals surface area contributed by atoms with E-state index >= 15 is 0 Å². The number of carbonyl (C=O) groups is 1. The first-order chi connectivity index (χ1) is 30.1. The second-order valence-electron chi connectivity index (χ2n) is 15.3. The van der Waals surface area contributed by atoms with Crippen molar-refractivity contribution in [2.24, 2.45) is 5.92 Å². The summed E-state index contributed by atoms with van der Waals surface area (Å²) in [6.07, 6.45) is -1.27. The van der Waals surface area contributed by atoms with Crippen LogP contribution in [0.1, 0.15) is 47.1 Å². The molecule has 6 aromatic carbocycles. The number of aliphatic hydroxyl groups excluding tert-OH is 1. The Labute approximate surface area is 366 Å². The van der Waals surface area contributed by atoms with Crippen LogP contribution in [0.15, 0.2) is 178 Å². The number of hydrogen-bond acceptors (Lipinski definition) is 9. The molecule has 316 valence electrons. The number of oxazole rings is 1. The van der Waals surface area contributed by atoms with E-state index in [-0.39, 0.29) is 36.0 Å². The number of nitrogens with one attached hydrogen (secondary N) is 2. The largest absolute Gasteiger partial charge is 0.431 e. The van der Waals surface area contributed by atoms with E-state index in [1.54, 1.807) is 24.3 Å². The third kappa shape index (κ3) is 10.2. The van der Waals surface area contributed by atoms with Crippen molar-refractivity contribution >= 4 is 33.4 Å². The standard InChI is InChI=1S/C50H47N3O7S2/c1-33-18-28-42(29-19-33)62(56,57)53-43(30-35-12-6-3-7-13-35)48(55)51-41-26-24-40(25-27-41)49-58-44(34(2)46(59-49)39-22-20-36(31-54)21-23-39)32-61-50-52-45(37-14-8-4-9-15-37)47(60-50)38-16-10-5-11-17-38/h3-29,34,43-44,46,49,53-54H,30-32H2,1-2H3,(H,51,55)/t34-,43+,44+,46+,49+/m0/s1. The number of anilines is 1. The quantitative estimate of drug-likeness (QED) is 0.0860. The minimum atomic E-state index is -4.01. The molecule has 1 aliphatic rings. The Morgan fingerprint density at radius 1 is 0.742 bits per heavy atom. The van der Waals surface area contributed by atoms with E-state index in [0.29, 0.717) is 22.4 Å². The zero-order valence-corrected chi connectivity index (χ0v) is 35.9. The van der Waals surface area contributed by atoms with Gasteiger partial charge in [-0.2, -0.15) is 4.72 Å². The number of nitrogens with zero attached hydrogens (tertiary/aromatic N) is 1. The zero-order valence-electron chi connectivity index (χ0n) is 34.3. The summed E-state index contributed by atoms with van der Waals surface area (Å²) < 4.78 is 49.4. The van der Waals surface area contributed by atoms with Gasteiger partial charge in [0.1, 0.15) is 11.7 Å². The highest BCUT2D eigenvalue weighted by atomic mass is 32.2. The molecule has 1 aromatic heterocycles. The monoisotopic (exact) mass is 865 g/mol. The van der Waals surface area contributed by atoms with Gasteiger partial charge in [-0.25, -0.2) is 13.4 Å². The lowest BCUT2D eigenvalue weighted by atomic mass is 9.91. The van der Waals surface area contributed by atoms with Gasteiger partial charge < -0.3 is 24.3 Å². The van der Waals surface area contributed by atoms with Gasteiger partial charge >= 0.3 is 0 Å². The fourth-order valence-corrected chi connectivity index (χ4v) is 9.55. The van der Waals surface area contributed by atoms with E-state index in [9.17, 15) is 18.3 Å². The first kappa shape index (κ1) is 42.8. The third-order valence-corrected chi connectivity index (χ3v) is 13.3. The number of aliphatic hydroxyl groups is 1. The van der Waals surface area contributed by atoms with Crippen molar-refractivity contribution < 1.29 is 32.2 Å². The Kier molecular flexibility index (Phi) is 13.4. The highest BCUT2D eigenvalue weighted by Crippen LogP contribution is 2.44. The second-order valence-corrected chi connectivity index (χ2v) is 18.0. The van der Waals surface area contributed by atoms with Gasteiger partial charge in [-0.05, 0) is 54.3 Å². The minimum Gasteiger partial charge on any atom is -0.431 e. The molecular formula is C50H47N3O7S2. The maximum absolute atomic E-state index is 13.8. The van der Waals surface area contributed by atoms with Gasteiger partial charge in [-0.15, -0.1) is 0 Å². The number of ether oxygens (including phenoxy) is 2. The molecule has 0 radical (unpaired) electrons.